The summed E-state index contributed by atoms with van der Waals surface area (Å²) < 4.78 is 27.1. The van der Waals surface area contributed by atoms with Crippen molar-refractivity contribution in [2.24, 2.45) is 5.73 Å². The molecule has 0 aliphatic rings. The number of amides is 1. The largest absolute Gasteiger partial charge is 0.366 e. The van der Waals surface area contributed by atoms with Gasteiger partial charge in [-0.2, -0.15) is 5.10 Å². The third-order valence-corrected chi connectivity index (χ3v) is 4.47. The normalized spacial score (nSPS) is 11.3. The van der Waals surface area contributed by atoms with Gasteiger partial charge < -0.3 is 5.73 Å². The van der Waals surface area contributed by atoms with Gasteiger partial charge in [0.1, 0.15) is 5.82 Å². The number of H-pyrrole nitrogens is 1. The predicted octanol–water partition coefficient (Wildman–Crippen LogP) is 1.18. The fourth-order valence-electron chi connectivity index (χ4n) is 1.89. The number of sulfonamides is 1. The molecule has 1 aromatic carbocycles. The Labute approximate surface area is 122 Å². The highest BCUT2D eigenvalue weighted by Crippen LogP contribution is 2.20. The molecule has 1 amide bonds. The number of carbonyl (C=O) groups excluding carboxylic acids is 1. The summed E-state index contributed by atoms with van der Waals surface area (Å²) in [5.41, 5.74) is 6.79. The van der Waals surface area contributed by atoms with E-state index in [0.29, 0.717) is 17.8 Å². The monoisotopic (exact) mass is 308 g/mol. The average molecular weight is 308 g/mol. The molecular formula is C13H16N4O3S. The number of aromatic amines is 1. The first kappa shape index (κ1) is 15.0. The lowest BCUT2D eigenvalue weighted by Crippen LogP contribution is -2.17. The molecule has 112 valence electrons. The smallest absolute Gasteiger partial charge is 0.263 e. The van der Waals surface area contributed by atoms with Crippen molar-refractivity contribution in [3.8, 4) is 0 Å². The molecule has 0 unspecified atom stereocenters. The first-order chi connectivity index (χ1) is 9.85. The van der Waals surface area contributed by atoms with Crippen molar-refractivity contribution >= 4 is 21.7 Å². The Morgan fingerprint density at radius 3 is 2.76 bits per heavy atom. The average Bonchev–Trinajstić information content (AvgIpc) is 2.85. The van der Waals surface area contributed by atoms with Gasteiger partial charge in [0.15, 0.2) is 0 Å². The van der Waals surface area contributed by atoms with Crippen LogP contribution in [-0.2, 0) is 16.4 Å². The summed E-state index contributed by atoms with van der Waals surface area (Å²) in [6.07, 6.45) is 2.19. The van der Waals surface area contributed by atoms with Crippen molar-refractivity contribution in [2.45, 2.75) is 25.2 Å². The Hall–Kier alpha value is -2.35. The van der Waals surface area contributed by atoms with Crippen LogP contribution in [0.15, 0.2) is 29.3 Å². The van der Waals surface area contributed by atoms with Crippen LogP contribution in [0.1, 0.15) is 28.4 Å². The predicted molar refractivity (Wildman–Crippen MR) is 78.5 cm³/mol. The highest BCUT2D eigenvalue weighted by molar-refractivity contribution is 7.92. The van der Waals surface area contributed by atoms with E-state index >= 15 is 0 Å². The minimum atomic E-state index is -3.82. The number of anilines is 1. The summed E-state index contributed by atoms with van der Waals surface area (Å²) in [6, 6.07) is 4.23. The number of rotatable bonds is 5. The maximum absolute atomic E-state index is 12.3. The van der Waals surface area contributed by atoms with Crippen LogP contribution in [0.3, 0.4) is 0 Å². The van der Waals surface area contributed by atoms with Gasteiger partial charge in [0.05, 0.1) is 11.1 Å². The van der Waals surface area contributed by atoms with Crippen LogP contribution in [-0.4, -0.2) is 24.5 Å². The summed E-state index contributed by atoms with van der Waals surface area (Å²) in [6.45, 7) is 3.58. The molecule has 2 rings (SSSR count). The molecule has 21 heavy (non-hydrogen) atoms. The molecule has 7 nitrogen and oxygen atoms in total. The fraction of sp³-hybridized carbons (Fsp3) is 0.231. The zero-order valence-electron chi connectivity index (χ0n) is 11.7. The molecule has 0 radical (unpaired) electrons. The van der Waals surface area contributed by atoms with Crippen LogP contribution in [0, 0.1) is 6.92 Å². The third kappa shape index (κ3) is 3.05. The quantitative estimate of drug-likeness (QED) is 0.768. The summed E-state index contributed by atoms with van der Waals surface area (Å²) in [5, 5.41) is 6.40. The van der Waals surface area contributed by atoms with E-state index < -0.39 is 15.9 Å². The molecule has 0 saturated carbocycles. The van der Waals surface area contributed by atoms with Gasteiger partial charge in [-0.1, -0.05) is 13.0 Å². The maximum Gasteiger partial charge on any atom is 0.263 e. The fourth-order valence-corrected chi connectivity index (χ4v) is 2.98. The summed E-state index contributed by atoms with van der Waals surface area (Å²) in [4.78, 5) is 11.3. The van der Waals surface area contributed by atoms with Crippen LogP contribution in [0.25, 0.3) is 0 Å². The molecule has 0 fully saturated rings. The lowest BCUT2D eigenvalue weighted by atomic mass is 10.1. The summed E-state index contributed by atoms with van der Waals surface area (Å²) in [5.74, 6) is -0.348. The lowest BCUT2D eigenvalue weighted by Gasteiger charge is -2.09. The molecule has 0 atom stereocenters. The highest BCUT2D eigenvalue weighted by atomic mass is 32.2. The van der Waals surface area contributed by atoms with Crippen molar-refractivity contribution < 1.29 is 13.2 Å². The third-order valence-electron chi connectivity index (χ3n) is 3.12. The standard InChI is InChI=1S/C13H16N4O3S/c1-3-9-7-15-16-13(9)17-21(19,20)10-5-4-8(2)11(6-10)12(14)18/h4-7H,3H2,1-2H3,(H2,14,18)(H2,15,16,17). The van der Waals surface area contributed by atoms with Crippen LogP contribution >= 0.6 is 0 Å². The zero-order chi connectivity index (χ0) is 15.6. The number of hydrogen-bond donors (Lipinski definition) is 3. The Balaban J connectivity index is 2.40. The molecule has 1 heterocycles. The van der Waals surface area contributed by atoms with Gasteiger partial charge in [-0.05, 0) is 31.0 Å². The van der Waals surface area contributed by atoms with E-state index in [1.807, 2.05) is 6.92 Å². The van der Waals surface area contributed by atoms with E-state index in [1.165, 1.54) is 12.1 Å². The number of nitrogens with zero attached hydrogens (tertiary/aromatic N) is 1. The van der Waals surface area contributed by atoms with Crippen molar-refractivity contribution in [1.82, 2.24) is 10.2 Å². The second kappa shape index (κ2) is 5.57. The van der Waals surface area contributed by atoms with Gasteiger partial charge >= 0.3 is 0 Å². The van der Waals surface area contributed by atoms with Crippen LogP contribution in [0.4, 0.5) is 5.82 Å². The Morgan fingerprint density at radius 1 is 1.43 bits per heavy atom. The number of nitrogens with one attached hydrogen (secondary N) is 2. The number of benzene rings is 1. The molecule has 0 spiro atoms. The van der Waals surface area contributed by atoms with E-state index in [4.69, 9.17) is 5.73 Å². The second-order valence-electron chi connectivity index (χ2n) is 4.57. The minimum Gasteiger partial charge on any atom is -0.366 e. The van der Waals surface area contributed by atoms with Gasteiger partial charge in [-0.15, -0.1) is 0 Å². The van der Waals surface area contributed by atoms with Crippen molar-refractivity contribution in [2.75, 3.05) is 4.72 Å². The number of aromatic nitrogens is 2. The van der Waals surface area contributed by atoms with Crippen LogP contribution in [0.2, 0.25) is 0 Å². The lowest BCUT2D eigenvalue weighted by molar-refractivity contribution is 0.0999. The van der Waals surface area contributed by atoms with E-state index in [1.54, 1.807) is 19.2 Å². The zero-order valence-corrected chi connectivity index (χ0v) is 12.5. The number of carbonyl (C=O) groups is 1. The number of primary amides is 1. The molecule has 8 heteroatoms. The first-order valence-corrected chi connectivity index (χ1v) is 7.79. The molecule has 2 aromatic rings. The summed E-state index contributed by atoms with van der Waals surface area (Å²) >= 11 is 0. The summed E-state index contributed by atoms with van der Waals surface area (Å²) in [7, 11) is -3.82. The van der Waals surface area contributed by atoms with E-state index in [9.17, 15) is 13.2 Å². The van der Waals surface area contributed by atoms with Crippen LogP contribution in [0.5, 0.6) is 0 Å². The van der Waals surface area contributed by atoms with Crippen molar-refractivity contribution in [3.63, 3.8) is 0 Å². The van der Waals surface area contributed by atoms with Crippen molar-refractivity contribution in [1.29, 1.82) is 0 Å². The Kier molecular flexibility index (Phi) is 3.99. The number of nitrogens with two attached hydrogens (primary N) is 1. The topological polar surface area (TPSA) is 118 Å². The van der Waals surface area contributed by atoms with E-state index in [0.717, 1.165) is 5.56 Å². The number of aryl methyl sites for hydroxylation is 2. The van der Waals surface area contributed by atoms with Gasteiger partial charge in [0.2, 0.25) is 5.91 Å². The minimum absolute atomic E-state index is 0.0291. The van der Waals surface area contributed by atoms with Gasteiger partial charge in [0.25, 0.3) is 10.0 Å². The molecular weight excluding hydrogens is 292 g/mol. The Morgan fingerprint density at radius 2 is 2.14 bits per heavy atom. The molecule has 0 saturated heterocycles. The van der Waals surface area contributed by atoms with Crippen molar-refractivity contribution in [3.05, 3.63) is 41.1 Å². The molecule has 0 aliphatic heterocycles. The van der Waals surface area contributed by atoms with Gasteiger partial charge in [-0.25, -0.2) is 8.42 Å². The molecule has 0 aliphatic carbocycles. The maximum atomic E-state index is 12.3. The Bertz CT molecular complexity index is 780. The second-order valence-corrected chi connectivity index (χ2v) is 6.25. The highest BCUT2D eigenvalue weighted by Gasteiger charge is 2.19. The SMILES string of the molecule is CCc1cn[nH]c1NS(=O)(=O)c1ccc(C)c(C(N)=O)c1. The number of hydrogen-bond acceptors (Lipinski definition) is 4. The first-order valence-electron chi connectivity index (χ1n) is 6.30. The van der Waals surface area contributed by atoms with Gasteiger partial charge in [-0.3, -0.25) is 14.6 Å². The van der Waals surface area contributed by atoms with E-state index in [2.05, 4.69) is 14.9 Å². The van der Waals surface area contributed by atoms with Crippen LogP contribution < -0.4 is 10.5 Å². The van der Waals surface area contributed by atoms with E-state index in [-0.39, 0.29) is 10.5 Å². The molecule has 1 aromatic heterocycles. The molecule has 4 N–H and O–H groups in total. The molecule has 0 bridgehead atoms. The van der Waals surface area contributed by atoms with Gasteiger partial charge in [0, 0.05) is 11.1 Å².